The molecule has 4 heteroatoms. The number of aromatic nitrogens is 2. The van der Waals surface area contributed by atoms with Crippen molar-refractivity contribution >= 4 is 5.65 Å². The number of hydrogen-bond acceptors (Lipinski definition) is 3. The molecule has 0 radical (unpaired) electrons. The maximum Gasteiger partial charge on any atom is 0.137 e. The zero-order valence-electron chi connectivity index (χ0n) is 9.80. The Bertz CT molecular complexity index is 514. The molecule has 2 aromatic rings. The highest BCUT2D eigenvalue weighted by Gasteiger charge is 2.19. The number of rotatable bonds is 2. The molecular formula is C13H17N3O. The number of imidazole rings is 1. The van der Waals surface area contributed by atoms with Crippen LogP contribution in [0.1, 0.15) is 30.1 Å². The maximum absolute atomic E-state index is 5.74. The number of nitrogens with zero attached hydrogens (tertiary/aromatic N) is 2. The predicted molar refractivity (Wildman–Crippen MR) is 65.9 cm³/mol. The minimum Gasteiger partial charge on any atom is -0.381 e. The van der Waals surface area contributed by atoms with Gasteiger partial charge >= 0.3 is 0 Å². The Morgan fingerprint density at radius 1 is 1.35 bits per heavy atom. The van der Waals surface area contributed by atoms with Crippen molar-refractivity contribution in [3.63, 3.8) is 0 Å². The van der Waals surface area contributed by atoms with E-state index in [1.807, 2.05) is 18.2 Å². The van der Waals surface area contributed by atoms with Gasteiger partial charge < -0.3 is 14.9 Å². The summed E-state index contributed by atoms with van der Waals surface area (Å²) >= 11 is 0. The molecule has 0 amide bonds. The van der Waals surface area contributed by atoms with Crippen LogP contribution in [0, 0.1) is 0 Å². The summed E-state index contributed by atoms with van der Waals surface area (Å²) in [6, 6.07) is 6.09. The lowest BCUT2D eigenvalue weighted by molar-refractivity contribution is 0.0846. The Morgan fingerprint density at radius 2 is 2.18 bits per heavy atom. The Balaban J connectivity index is 2.00. The van der Waals surface area contributed by atoms with Crippen molar-refractivity contribution in [2.45, 2.75) is 25.3 Å². The first kappa shape index (κ1) is 10.7. The second kappa shape index (κ2) is 4.47. The lowest BCUT2D eigenvalue weighted by Crippen LogP contribution is -2.14. The van der Waals surface area contributed by atoms with Gasteiger partial charge in [-0.2, -0.15) is 0 Å². The van der Waals surface area contributed by atoms with Crippen LogP contribution in [0.5, 0.6) is 0 Å². The minimum atomic E-state index is 0.536. The van der Waals surface area contributed by atoms with Crippen molar-refractivity contribution in [3.8, 4) is 0 Å². The maximum atomic E-state index is 5.74. The average molecular weight is 231 g/mol. The first-order valence-electron chi connectivity index (χ1n) is 6.13. The van der Waals surface area contributed by atoms with Crippen LogP contribution in [0.3, 0.4) is 0 Å². The Morgan fingerprint density at radius 3 is 2.94 bits per heavy atom. The molecule has 3 heterocycles. The fourth-order valence-corrected chi connectivity index (χ4v) is 2.44. The fourth-order valence-electron chi connectivity index (χ4n) is 2.44. The van der Waals surface area contributed by atoms with E-state index in [0.717, 1.165) is 37.4 Å². The molecule has 0 unspecified atom stereocenters. The summed E-state index contributed by atoms with van der Waals surface area (Å²) in [5, 5.41) is 0. The molecule has 0 atom stereocenters. The SMILES string of the molecule is NCc1cccc2nc(C3CCOCC3)cn12. The van der Waals surface area contributed by atoms with Gasteiger partial charge in [-0.3, -0.25) is 0 Å². The summed E-state index contributed by atoms with van der Waals surface area (Å²) in [6.07, 6.45) is 4.27. The highest BCUT2D eigenvalue weighted by atomic mass is 16.5. The third-order valence-electron chi connectivity index (χ3n) is 3.44. The van der Waals surface area contributed by atoms with Crippen molar-refractivity contribution in [2.75, 3.05) is 13.2 Å². The van der Waals surface area contributed by atoms with E-state index < -0.39 is 0 Å². The molecule has 17 heavy (non-hydrogen) atoms. The van der Waals surface area contributed by atoms with Gasteiger partial charge in [0.15, 0.2) is 0 Å². The largest absolute Gasteiger partial charge is 0.381 e. The van der Waals surface area contributed by atoms with E-state index in [2.05, 4.69) is 10.6 Å². The molecule has 1 aliphatic rings. The van der Waals surface area contributed by atoms with Crippen LogP contribution >= 0.6 is 0 Å². The van der Waals surface area contributed by atoms with Gasteiger partial charge in [0.2, 0.25) is 0 Å². The minimum absolute atomic E-state index is 0.536. The zero-order valence-corrected chi connectivity index (χ0v) is 9.80. The van der Waals surface area contributed by atoms with E-state index in [1.165, 1.54) is 5.69 Å². The topological polar surface area (TPSA) is 52.5 Å². The van der Waals surface area contributed by atoms with Crippen LogP contribution in [0.4, 0.5) is 0 Å². The van der Waals surface area contributed by atoms with E-state index in [9.17, 15) is 0 Å². The van der Waals surface area contributed by atoms with Crippen molar-refractivity contribution < 1.29 is 4.74 Å². The highest BCUT2D eigenvalue weighted by Crippen LogP contribution is 2.26. The third-order valence-corrected chi connectivity index (χ3v) is 3.44. The van der Waals surface area contributed by atoms with Crippen molar-refractivity contribution in [2.24, 2.45) is 5.73 Å². The molecule has 4 nitrogen and oxygen atoms in total. The van der Waals surface area contributed by atoms with Crippen LogP contribution in [0.25, 0.3) is 5.65 Å². The Labute approximate surface area is 100 Å². The van der Waals surface area contributed by atoms with Crippen LogP contribution in [0.2, 0.25) is 0 Å². The van der Waals surface area contributed by atoms with Gasteiger partial charge in [0.05, 0.1) is 5.69 Å². The lowest BCUT2D eigenvalue weighted by atomic mass is 9.97. The molecule has 1 saturated heterocycles. The van der Waals surface area contributed by atoms with E-state index >= 15 is 0 Å². The molecule has 1 aliphatic heterocycles. The predicted octanol–water partition coefficient (Wildman–Crippen LogP) is 1.69. The monoisotopic (exact) mass is 231 g/mol. The molecule has 2 aromatic heterocycles. The molecule has 0 bridgehead atoms. The molecular weight excluding hydrogens is 214 g/mol. The molecule has 90 valence electrons. The lowest BCUT2D eigenvalue weighted by Gasteiger charge is -2.19. The van der Waals surface area contributed by atoms with E-state index in [4.69, 9.17) is 15.5 Å². The van der Waals surface area contributed by atoms with Crippen molar-refractivity contribution in [1.82, 2.24) is 9.38 Å². The van der Waals surface area contributed by atoms with Crippen LogP contribution in [0.15, 0.2) is 24.4 Å². The van der Waals surface area contributed by atoms with Gasteiger partial charge in [-0.1, -0.05) is 6.07 Å². The molecule has 0 spiro atoms. The summed E-state index contributed by atoms with van der Waals surface area (Å²) < 4.78 is 7.49. The number of hydrogen-bond donors (Lipinski definition) is 1. The summed E-state index contributed by atoms with van der Waals surface area (Å²) in [7, 11) is 0. The van der Waals surface area contributed by atoms with E-state index in [0.29, 0.717) is 12.5 Å². The first-order valence-corrected chi connectivity index (χ1v) is 6.13. The zero-order chi connectivity index (χ0) is 11.7. The number of fused-ring (bicyclic) bond motifs is 1. The fraction of sp³-hybridized carbons (Fsp3) is 0.462. The van der Waals surface area contributed by atoms with Gasteiger partial charge in [0.25, 0.3) is 0 Å². The summed E-state index contributed by atoms with van der Waals surface area (Å²) in [5.74, 6) is 0.536. The molecule has 2 N–H and O–H groups in total. The summed E-state index contributed by atoms with van der Waals surface area (Å²) in [6.45, 7) is 2.24. The standard InChI is InChI=1S/C13H17N3O/c14-8-11-2-1-3-13-15-12(9-16(11)13)10-4-6-17-7-5-10/h1-3,9-10H,4-8,14H2. The second-order valence-corrected chi connectivity index (χ2v) is 4.50. The smallest absolute Gasteiger partial charge is 0.137 e. The molecule has 1 fully saturated rings. The normalized spacial score (nSPS) is 17.7. The number of ether oxygens (including phenoxy) is 1. The molecule has 0 aromatic carbocycles. The van der Waals surface area contributed by atoms with E-state index in [-0.39, 0.29) is 0 Å². The van der Waals surface area contributed by atoms with Gasteiger partial charge in [-0.15, -0.1) is 0 Å². The van der Waals surface area contributed by atoms with E-state index in [1.54, 1.807) is 0 Å². The highest BCUT2D eigenvalue weighted by molar-refractivity contribution is 5.42. The average Bonchev–Trinajstić information content (AvgIpc) is 2.83. The van der Waals surface area contributed by atoms with Crippen LogP contribution in [-0.4, -0.2) is 22.6 Å². The van der Waals surface area contributed by atoms with Gasteiger partial charge in [0, 0.05) is 37.6 Å². The van der Waals surface area contributed by atoms with Gasteiger partial charge in [-0.05, 0) is 25.0 Å². The molecule has 0 aliphatic carbocycles. The quantitative estimate of drug-likeness (QED) is 0.855. The Hall–Kier alpha value is -1.39. The van der Waals surface area contributed by atoms with Gasteiger partial charge in [-0.25, -0.2) is 4.98 Å². The summed E-state index contributed by atoms with van der Waals surface area (Å²) in [4.78, 5) is 4.70. The number of pyridine rings is 1. The van der Waals surface area contributed by atoms with Gasteiger partial charge in [0.1, 0.15) is 5.65 Å². The molecule has 3 rings (SSSR count). The third kappa shape index (κ3) is 1.94. The molecule has 0 saturated carbocycles. The summed E-state index contributed by atoms with van der Waals surface area (Å²) in [5.41, 5.74) is 9.01. The van der Waals surface area contributed by atoms with Crippen LogP contribution in [-0.2, 0) is 11.3 Å². The van der Waals surface area contributed by atoms with Crippen molar-refractivity contribution in [3.05, 3.63) is 35.8 Å². The Kier molecular flexibility index (Phi) is 2.82. The number of nitrogens with two attached hydrogens (primary N) is 1. The first-order chi connectivity index (χ1) is 8.38. The van der Waals surface area contributed by atoms with Crippen LogP contribution < -0.4 is 5.73 Å². The van der Waals surface area contributed by atoms with Crippen molar-refractivity contribution in [1.29, 1.82) is 0 Å². The second-order valence-electron chi connectivity index (χ2n) is 4.50.